The van der Waals surface area contributed by atoms with E-state index in [1.807, 2.05) is 45.0 Å². The summed E-state index contributed by atoms with van der Waals surface area (Å²) in [6.45, 7) is 5.86. The monoisotopic (exact) mass is 462 g/mol. The third-order valence-electron chi connectivity index (χ3n) is 3.64. The van der Waals surface area contributed by atoms with Crippen LogP contribution in [-0.2, 0) is 8.26 Å². The van der Waals surface area contributed by atoms with Crippen LogP contribution in [0.25, 0.3) is 11.0 Å². The van der Waals surface area contributed by atoms with Gasteiger partial charge in [0.2, 0.25) is 5.95 Å². The summed E-state index contributed by atoms with van der Waals surface area (Å²) in [4.78, 5) is 21.1. The Balaban J connectivity index is 0.000000500. The van der Waals surface area contributed by atoms with Crippen LogP contribution in [0.4, 0.5) is 11.6 Å². The molecule has 2 heterocycles. The van der Waals surface area contributed by atoms with Gasteiger partial charge < -0.3 is 5.32 Å². The molecule has 0 amide bonds. The third-order valence-corrected chi connectivity index (χ3v) is 3.91. The number of benzene rings is 1. The van der Waals surface area contributed by atoms with Gasteiger partial charge in [0.25, 0.3) is 5.56 Å². The minimum Gasteiger partial charge on any atom is -0.324 e. The van der Waals surface area contributed by atoms with E-state index in [1.54, 1.807) is 16.8 Å². The topological polar surface area (TPSA) is 93.9 Å². The van der Waals surface area contributed by atoms with Crippen molar-refractivity contribution >= 4 is 63.9 Å². The Bertz CT molecular complexity index is 1160. The van der Waals surface area contributed by atoms with E-state index in [4.69, 9.17) is 20.0 Å². The van der Waals surface area contributed by atoms with Gasteiger partial charge in [-0.05, 0) is 38.5 Å². The van der Waals surface area contributed by atoms with Crippen molar-refractivity contribution in [1.82, 2.24) is 14.5 Å². The maximum Gasteiger partial charge on any atom is 0.317 e. The van der Waals surface area contributed by atoms with Crippen molar-refractivity contribution in [3.05, 3.63) is 57.5 Å². The van der Waals surface area contributed by atoms with E-state index in [9.17, 15) is 4.79 Å². The van der Waals surface area contributed by atoms with E-state index in [0.717, 1.165) is 16.6 Å². The quantitative estimate of drug-likeness (QED) is 0.561. The van der Waals surface area contributed by atoms with Crippen LogP contribution in [0, 0.1) is 6.92 Å². The number of nitrogens with zero attached hydrogens (tertiary/aromatic N) is 3. The fourth-order valence-electron chi connectivity index (χ4n) is 2.46. The molecular weight excluding hydrogens is 447 g/mol. The second kappa shape index (κ2) is 9.09. The van der Waals surface area contributed by atoms with Gasteiger partial charge in [0.1, 0.15) is 10.7 Å². The lowest BCUT2D eigenvalue weighted by atomic mass is 10.2. The Morgan fingerprint density at radius 1 is 1.18 bits per heavy atom. The molecule has 0 radical (unpaired) electrons. The van der Waals surface area contributed by atoms with E-state index in [1.165, 1.54) is 0 Å². The van der Waals surface area contributed by atoms with Crippen molar-refractivity contribution in [1.29, 1.82) is 0 Å². The summed E-state index contributed by atoms with van der Waals surface area (Å²) in [5, 5.41) is 4.10. The van der Waals surface area contributed by atoms with Crippen LogP contribution in [-0.4, -0.2) is 23.0 Å². The summed E-state index contributed by atoms with van der Waals surface area (Å²) in [5.41, 5.74) is 2.35. The highest BCUT2D eigenvalue weighted by atomic mass is 36.0. The molecule has 28 heavy (non-hydrogen) atoms. The minimum absolute atomic E-state index is 0.0510. The number of hydrogen-bond acceptors (Lipinski definition) is 6. The van der Waals surface area contributed by atoms with Crippen molar-refractivity contribution in [2.24, 2.45) is 0 Å². The molecular formula is C17H17Cl3N4O3S. The first-order valence-corrected chi connectivity index (χ1v) is 11.5. The number of hydrogen-bond donors (Lipinski definition) is 1. The molecule has 0 unspecified atom stereocenters. The predicted molar refractivity (Wildman–Crippen MR) is 114 cm³/mol. The Morgan fingerprint density at radius 3 is 2.36 bits per heavy atom. The van der Waals surface area contributed by atoms with E-state index in [2.05, 4.69) is 36.6 Å². The van der Waals surface area contributed by atoms with Crippen molar-refractivity contribution < 1.29 is 8.42 Å². The SMILES string of the molecule is Cc1ccccc1Nc1ncc2cc(Cl)c(=O)n(C(C)C)c2n1.O=S(=O)(Cl)Cl. The first-order valence-electron chi connectivity index (χ1n) is 8.02. The highest BCUT2D eigenvalue weighted by Gasteiger charge is 2.13. The number of aromatic nitrogens is 3. The van der Waals surface area contributed by atoms with Crippen molar-refractivity contribution in [2.75, 3.05) is 5.32 Å². The zero-order chi connectivity index (χ0) is 21.1. The molecule has 150 valence electrons. The number of anilines is 2. The number of para-hydroxylation sites is 1. The highest BCUT2D eigenvalue weighted by Crippen LogP contribution is 2.21. The molecule has 0 saturated heterocycles. The lowest BCUT2D eigenvalue weighted by molar-refractivity contribution is 0.595. The Labute approximate surface area is 176 Å². The second-order valence-corrected chi connectivity index (χ2v) is 10.1. The Hall–Kier alpha value is -1.87. The summed E-state index contributed by atoms with van der Waals surface area (Å²) >= 11 is 6.02. The highest BCUT2D eigenvalue weighted by molar-refractivity contribution is 8.31. The largest absolute Gasteiger partial charge is 0.324 e. The number of halogens is 3. The summed E-state index contributed by atoms with van der Waals surface area (Å²) in [5.74, 6) is 0.447. The summed E-state index contributed by atoms with van der Waals surface area (Å²) < 4.78 is 19.9. The Kier molecular flexibility index (Phi) is 7.28. The molecule has 1 N–H and O–H groups in total. The van der Waals surface area contributed by atoms with Crippen molar-refractivity contribution in [3.63, 3.8) is 0 Å². The molecule has 2 aromatic heterocycles. The van der Waals surface area contributed by atoms with Crippen molar-refractivity contribution in [2.45, 2.75) is 26.8 Å². The van der Waals surface area contributed by atoms with Crippen LogP contribution in [0.3, 0.4) is 0 Å². The number of rotatable bonds is 3. The second-order valence-electron chi connectivity index (χ2n) is 6.05. The van der Waals surface area contributed by atoms with Crippen LogP contribution >= 0.6 is 33.0 Å². The average molecular weight is 464 g/mol. The average Bonchev–Trinajstić information content (AvgIpc) is 2.56. The summed E-state index contributed by atoms with van der Waals surface area (Å²) in [6.07, 6.45) is 1.67. The molecule has 0 atom stereocenters. The van der Waals surface area contributed by atoms with Crippen LogP contribution in [0.1, 0.15) is 25.5 Å². The molecule has 1 aromatic carbocycles. The first-order chi connectivity index (χ1) is 13.0. The minimum atomic E-state index is -3.72. The summed E-state index contributed by atoms with van der Waals surface area (Å²) in [6, 6.07) is 9.44. The maximum atomic E-state index is 12.3. The fourth-order valence-corrected chi connectivity index (χ4v) is 2.67. The molecule has 11 heteroatoms. The molecule has 0 fully saturated rings. The molecule has 0 spiro atoms. The van der Waals surface area contributed by atoms with Gasteiger partial charge >= 0.3 is 8.26 Å². The molecule has 3 aromatic rings. The first kappa shape index (κ1) is 22.4. The molecule has 7 nitrogen and oxygen atoms in total. The fraction of sp³-hybridized carbons (Fsp3) is 0.235. The van der Waals surface area contributed by atoms with Gasteiger partial charge in [0, 0.05) is 44.7 Å². The van der Waals surface area contributed by atoms with Crippen LogP contribution in [0.15, 0.2) is 41.3 Å². The number of aryl methyl sites for hydroxylation is 1. The van der Waals surface area contributed by atoms with Crippen LogP contribution < -0.4 is 10.9 Å². The lowest BCUT2D eigenvalue weighted by Gasteiger charge is -2.14. The van der Waals surface area contributed by atoms with Crippen LogP contribution in [0.2, 0.25) is 5.02 Å². The zero-order valence-corrected chi connectivity index (χ0v) is 18.2. The van der Waals surface area contributed by atoms with E-state index in [-0.39, 0.29) is 16.6 Å². The smallest absolute Gasteiger partial charge is 0.317 e. The summed E-state index contributed by atoms with van der Waals surface area (Å²) in [7, 11) is 4.81. The van der Waals surface area contributed by atoms with Crippen molar-refractivity contribution in [3.8, 4) is 0 Å². The van der Waals surface area contributed by atoms with Gasteiger partial charge in [-0.25, -0.2) is 4.98 Å². The Morgan fingerprint density at radius 2 is 1.79 bits per heavy atom. The molecule has 0 saturated carbocycles. The van der Waals surface area contributed by atoms with Gasteiger partial charge in [-0.3, -0.25) is 9.36 Å². The maximum absolute atomic E-state index is 12.3. The van der Waals surface area contributed by atoms with E-state index in [0.29, 0.717) is 11.6 Å². The van der Waals surface area contributed by atoms with Gasteiger partial charge in [-0.2, -0.15) is 13.4 Å². The van der Waals surface area contributed by atoms with E-state index < -0.39 is 8.26 Å². The zero-order valence-electron chi connectivity index (χ0n) is 15.1. The van der Waals surface area contributed by atoms with Gasteiger partial charge in [0.15, 0.2) is 0 Å². The standard InChI is InChI=1S/C17H17ClN4O.Cl2O2S/c1-10(2)22-15-12(8-13(18)16(22)23)9-19-17(21-15)20-14-7-5-4-6-11(14)3;1-5(2,3)4/h4-10H,1-3H3,(H,19,20,21);. The molecule has 3 rings (SSSR count). The molecule has 0 aliphatic carbocycles. The number of nitrogens with one attached hydrogen (secondary N) is 1. The molecule has 0 aliphatic rings. The van der Waals surface area contributed by atoms with Gasteiger partial charge in [-0.1, -0.05) is 29.8 Å². The third kappa shape index (κ3) is 6.07. The number of fused-ring (bicyclic) bond motifs is 1. The van der Waals surface area contributed by atoms with E-state index >= 15 is 0 Å². The van der Waals surface area contributed by atoms with Gasteiger partial charge in [-0.15, -0.1) is 0 Å². The lowest BCUT2D eigenvalue weighted by Crippen LogP contribution is -2.23. The van der Waals surface area contributed by atoms with Gasteiger partial charge in [0.05, 0.1) is 0 Å². The predicted octanol–water partition coefficient (Wildman–Crippen LogP) is 4.79. The number of pyridine rings is 1. The normalized spacial score (nSPS) is 11.2. The van der Waals surface area contributed by atoms with Crippen LogP contribution in [0.5, 0.6) is 0 Å². The molecule has 0 aliphatic heterocycles. The molecule has 0 bridgehead atoms.